The van der Waals surface area contributed by atoms with Crippen molar-refractivity contribution < 1.29 is 9.59 Å². The van der Waals surface area contributed by atoms with Gasteiger partial charge in [0.25, 0.3) is 5.91 Å². The first kappa shape index (κ1) is 12.8. The first-order chi connectivity index (χ1) is 9.72. The molecule has 0 saturated heterocycles. The van der Waals surface area contributed by atoms with Gasteiger partial charge in [-0.05, 0) is 30.0 Å². The molecule has 1 saturated carbocycles. The molecule has 1 fully saturated rings. The zero-order chi connectivity index (χ0) is 14.1. The van der Waals surface area contributed by atoms with Crippen LogP contribution < -0.4 is 0 Å². The number of carbonyl (C=O) groups excluding carboxylic acids is 2. The van der Waals surface area contributed by atoms with Crippen molar-refractivity contribution in [2.75, 3.05) is 0 Å². The SMILES string of the molecule is C=CC(=O)N1N=Cc2ccccc2C1C1CCCC1=O. The number of hydrazone groups is 1. The van der Waals surface area contributed by atoms with E-state index in [0.717, 1.165) is 24.0 Å². The smallest absolute Gasteiger partial charge is 0.266 e. The molecule has 1 heterocycles. The normalized spacial score (nSPS) is 24.6. The molecule has 2 atom stereocenters. The highest BCUT2D eigenvalue weighted by Crippen LogP contribution is 2.40. The molecular formula is C16H16N2O2. The molecule has 2 unspecified atom stereocenters. The molecule has 1 amide bonds. The van der Waals surface area contributed by atoms with Crippen LogP contribution in [0.3, 0.4) is 0 Å². The molecule has 2 aliphatic rings. The van der Waals surface area contributed by atoms with Crippen LogP contribution in [0.4, 0.5) is 0 Å². The standard InChI is InChI=1S/C16H16N2O2/c1-2-15(20)18-16(13-8-5-9-14(13)19)12-7-4-3-6-11(12)10-17-18/h2-4,6-7,10,13,16H,1,5,8-9H2. The minimum absolute atomic E-state index is 0.155. The lowest BCUT2D eigenvalue weighted by atomic mass is 9.87. The summed E-state index contributed by atoms with van der Waals surface area (Å²) in [5, 5.41) is 5.64. The molecule has 0 bridgehead atoms. The van der Waals surface area contributed by atoms with Gasteiger partial charge in [0, 0.05) is 12.3 Å². The molecule has 0 radical (unpaired) electrons. The minimum Gasteiger partial charge on any atom is -0.299 e. The number of carbonyl (C=O) groups is 2. The Kier molecular flexibility index (Phi) is 3.22. The van der Waals surface area contributed by atoms with Gasteiger partial charge in [0.2, 0.25) is 0 Å². The summed E-state index contributed by atoms with van der Waals surface area (Å²) >= 11 is 0. The van der Waals surface area contributed by atoms with Gasteiger partial charge in [-0.1, -0.05) is 30.8 Å². The molecule has 4 heteroatoms. The van der Waals surface area contributed by atoms with Crippen molar-refractivity contribution in [2.24, 2.45) is 11.0 Å². The highest BCUT2D eigenvalue weighted by molar-refractivity contribution is 5.93. The lowest BCUT2D eigenvalue weighted by molar-refractivity contribution is -0.132. The number of fused-ring (bicyclic) bond motifs is 1. The Labute approximate surface area is 117 Å². The first-order valence-electron chi connectivity index (χ1n) is 6.83. The predicted octanol–water partition coefficient (Wildman–Crippen LogP) is 2.46. The number of ketones is 1. The van der Waals surface area contributed by atoms with Crippen molar-refractivity contribution in [1.82, 2.24) is 5.01 Å². The van der Waals surface area contributed by atoms with Crippen LogP contribution in [0, 0.1) is 5.92 Å². The van der Waals surface area contributed by atoms with Gasteiger partial charge in [0.05, 0.1) is 12.3 Å². The van der Waals surface area contributed by atoms with Crippen LogP contribution in [-0.4, -0.2) is 22.9 Å². The summed E-state index contributed by atoms with van der Waals surface area (Å²) in [4.78, 5) is 24.2. The summed E-state index contributed by atoms with van der Waals surface area (Å²) in [6.07, 6.45) is 5.23. The molecular weight excluding hydrogens is 252 g/mol. The molecule has 1 aromatic rings. The van der Waals surface area contributed by atoms with Crippen LogP contribution in [0.15, 0.2) is 42.0 Å². The van der Waals surface area contributed by atoms with Crippen LogP contribution in [0.2, 0.25) is 0 Å². The summed E-state index contributed by atoms with van der Waals surface area (Å²) in [6, 6.07) is 7.50. The fraction of sp³-hybridized carbons (Fsp3) is 0.312. The predicted molar refractivity (Wildman–Crippen MR) is 76.2 cm³/mol. The highest BCUT2D eigenvalue weighted by Gasteiger charge is 2.40. The Morgan fingerprint density at radius 2 is 2.20 bits per heavy atom. The van der Waals surface area contributed by atoms with Crippen molar-refractivity contribution in [3.63, 3.8) is 0 Å². The van der Waals surface area contributed by atoms with E-state index in [2.05, 4.69) is 11.7 Å². The summed E-state index contributed by atoms with van der Waals surface area (Å²) in [5.74, 6) is -0.193. The second kappa shape index (κ2) is 5.04. The van der Waals surface area contributed by atoms with Crippen LogP contribution in [0.25, 0.3) is 0 Å². The van der Waals surface area contributed by atoms with Crippen LogP contribution in [0.1, 0.15) is 36.4 Å². The molecule has 102 valence electrons. The average molecular weight is 268 g/mol. The van der Waals surface area contributed by atoms with Crippen LogP contribution in [-0.2, 0) is 9.59 Å². The molecule has 1 aliphatic carbocycles. The number of rotatable bonds is 2. The maximum Gasteiger partial charge on any atom is 0.266 e. The number of benzene rings is 1. The Morgan fingerprint density at radius 3 is 2.90 bits per heavy atom. The maximum absolute atomic E-state index is 12.1. The first-order valence-corrected chi connectivity index (χ1v) is 6.83. The molecule has 4 nitrogen and oxygen atoms in total. The third-order valence-electron chi connectivity index (χ3n) is 4.03. The molecule has 0 N–H and O–H groups in total. The van der Waals surface area contributed by atoms with E-state index < -0.39 is 0 Å². The lowest BCUT2D eigenvalue weighted by Crippen LogP contribution is -2.38. The van der Waals surface area contributed by atoms with E-state index in [4.69, 9.17) is 0 Å². The fourth-order valence-electron chi connectivity index (χ4n) is 3.08. The molecule has 1 aliphatic heterocycles. The second-order valence-electron chi connectivity index (χ2n) is 5.17. The molecule has 1 aromatic carbocycles. The largest absolute Gasteiger partial charge is 0.299 e. The van der Waals surface area contributed by atoms with Gasteiger partial charge >= 0.3 is 0 Å². The van der Waals surface area contributed by atoms with Crippen molar-refractivity contribution in [3.8, 4) is 0 Å². The third-order valence-corrected chi connectivity index (χ3v) is 4.03. The number of hydrogen-bond donors (Lipinski definition) is 0. The Morgan fingerprint density at radius 1 is 1.40 bits per heavy atom. The fourth-order valence-corrected chi connectivity index (χ4v) is 3.08. The average Bonchev–Trinajstić information content (AvgIpc) is 2.91. The van der Waals surface area contributed by atoms with Gasteiger partial charge in [-0.2, -0.15) is 5.10 Å². The number of amides is 1. The van der Waals surface area contributed by atoms with Gasteiger partial charge in [-0.25, -0.2) is 5.01 Å². The molecule has 0 spiro atoms. The monoisotopic (exact) mass is 268 g/mol. The van der Waals surface area contributed by atoms with E-state index in [-0.39, 0.29) is 23.7 Å². The molecule has 3 rings (SSSR count). The van der Waals surface area contributed by atoms with E-state index in [1.165, 1.54) is 11.1 Å². The van der Waals surface area contributed by atoms with Gasteiger partial charge in [-0.3, -0.25) is 9.59 Å². The van der Waals surface area contributed by atoms with E-state index >= 15 is 0 Å². The minimum atomic E-state index is -0.295. The summed E-state index contributed by atoms with van der Waals surface area (Å²) < 4.78 is 0. The lowest BCUT2D eigenvalue weighted by Gasteiger charge is -2.34. The summed E-state index contributed by atoms with van der Waals surface area (Å²) in [6.45, 7) is 3.52. The van der Waals surface area contributed by atoms with Crippen molar-refractivity contribution >= 4 is 17.9 Å². The van der Waals surface area contributed by atoms with Gasteiger partial charge in [-0.15, -0.1) is 0 Å². The highest BCUT2D eigenvalue weighted by atomic mass is 16.2. The van der Waals surface area contributed by atoms with E-state index in [0.29, 0.717) is 6.42 Å². The van der Waals surface area contributed by atoms with E-state index in [1.807, 2.05) is 24.3 Å². The number of hydrogen-bond acceptors (Lipinski definition) is 3. The third kappa shape index (κ3) is 1.97. The van der Waals surface area contributed by atoms with Crippen LogP contribution >= 0.6 is 0 Å². The molecule has 0 aromatic heterocycles. The van der Waals surface area contributed by atoms with Gasteiger partial charge in [0.15, 0.2) is 0 Å². The molecule has 20 heavy (non-hydrogen) atoms. The van der Waals surface area contributed by atoms with E-state index in [1.54, 1.807) is 6.21 Å². The Bertz CT molecular complexity index is 606. The van der Waals surface area contributed by atoms with Crippen molar-refractivity contribution in [2.45, 2.75) is 25.3 Å². The van der Waals surface area contributed by atoms with Gasteiger partial charge < -0.3 is 0 Å². The number of nitrogens with zero attached hydrogens (tertiary/aromatic N) is 2. The second-order valence-corrected chi connectivity index (χ2v) is 5.17. The quantitative estimate of drug-likeness (QED) is 0.774. The van der Waals surface area contributed by atoms with Crippen LogP contribution in [0.5, 0.6) is 0 Å². The van der Waals surface area contributed by atoms with Crippen molar-refractivity contribution in [3.05, 3.63) is 48.0 Å². The van der Waals surface area contributed by atoms with E-state index in [9.17, 15) is 9.59 Å². The number of Topliss-reactive ketones (excluding diaryl/α,β-unsaturated/α-hetero) is 1. The Balaban J connectivity index is 2.08. The topological polar surface area (TPSA) is 49.7 Å². The summed E-state index contributed by atoms with van der Waals surface area (Å²) in [7, 11) is 0. The summed E-state index contributed by atoms with van der Waals surface area (Å²) in [5.41, 5.74) is 1.98. The zero-order valence-corrected chi connectivity index (χ0v) is 11.2. The van der Waals surface area contributed by atoms with Gasteiger partial charge in [0.1, 0.15) is 5.78 Å². The van der Waals surface area contributed by atoms with Crippen molar-refractivity contribution in [1.29, 1.82) is 0 Å². The maximum atomic E-state index is 12.1. The Hall–Kier alpha value is -2.23. The zero-order valence-electron chi connectivity index (χ0n) is 11.2.